The Labute approximate surface area is 153 Å². The molecule has 1 aromatic rings. The van der Waals surface area contributed by atoms with Crippen LogP contribution < -0.4 is 0 Å². The standard InChI is InChI=1S/C21H33NO2S/c1-15-8-9-16(19(2,3)4)10-18(15)25(23,24)22-14-21(7)12-17(22)11-20(5,6)13-21/h8-10,17H,11-14H2,1-7H3/t17-,21-/m1/s1. The summed E-state index contributed by atoms with van der Waals surface area (Å²) in [4.78, 5) is 0.494. The van der Waals surface area contributed by atoms with Crippen molar-refractivity contribution in [3.05, 3.63) is 29.3 Å². The molecule has 1 saturated carbocycles. The molecule has 0 aromatic heterocycles. The first-order chi connectivity index (χ1) is 11.2. The minimum atomic E-state index is -3.46. The van der Waals surface area contributed by atoms with E-state index in [1.54, 1.807) is 0 Å². The third-order valence-corrected chi connectivity index (χ3v) is 8.05. The first-order valence-electron chi connectivity index (χ1n) is 9.37. The second kappa shape index (κ2) is 5.56. The van der Waals surface area contributed by atoms with Crippen molar-refractivity contribution in [3.63, 3.8) is 0 Å². The Morgan fingerprint density at radius 2 is 1.76 bits per heavy atom. The Hall–Kier alpha value is -0.870. The van der Waals surface area contributed by atoms with Gasteiger partial charge in [-0.1, -0.05) is 53.7 Å². The van der Waals surface area contributed by atoms with Crippen LogP contribution in [0.1, 0.15) is 71.9 Å². The summed E-state index contributed by atoms with van der Waals surface area (Å²) in [6.07, 6.45) is 3.05. The Kier molecular flexibility index (Phi) is 4.21. The molecular weight excluding hydrogens is 330 g/mol. The van der Waals surface area contributed by atoms with Crippen molar-refractivity contribution < 1.29 is 8.42 Å². The molecule has 0 N–H and O–H groups in total. The third-order valence-electron chi connectivity index (χ3n) is 6.01. The number of hydrogen-bond donors (Lipinski definition) is 0. The maximum absolute atomic E-state index is 13.6. The van der Waals surface area contributed by atoms with Gasteiger partial charge in [0.1, 0.15) is 0 Å². The quantitative estimate of drug-likeness (QED) is 0.751. The summed E-state index contributed by atoms with van der Waals surface area (Å²) >= 11 is 0. The van der Waals surface area contributed by atoms with E-state index < -0.39 is 10.0 Å². The highest BCUT2D eigenvalue weighted by Gasteiger charge is 2.53. The molecule has 2 bridgehead atoms. The van der Waals surface area contributed by atoms with Crippen LogP contribution in [0.2, 0.25) is 0 Å². The van der Waals surface area contributed by atoms with Gasteiger partial charge >= 0.3 is 0 Å². The Balaban J connectivity index is 2.04. The van der Waals surface area contributed by atoms with Crippen molar-refractivity contribution in [1.29, 1.82) is 0 Å². The van der Waals surface area contributed by atoms with Gasteiger partial charge in [-0.15, -0.1) is 0 Å². The maximum Gasteiger partial charge on any atom is 0.243 e. The van der Waals surface area contributed by atoms with Gasteiger partial charge in [-0.25, -0.2) is 8.42 Å². The number of rotatable bonds is 2. The lowest BCUT2D eigenvalue weighted by atomic mass is 9.65. The molecule has 1 heterocycles. The van der Waals surface area contributed by atoms with Gasteiger partial charge in [0.25, 0.3) is 0 Å². The highest BCUT2D eigenvalue weighted by atomic mass is 32.2. The first-order valence-corrected chi connectivity index (χ1v) is 10.8. The summed E-state index contributed by atoms with van der Waals surface area (Å²) in [6.45, 7) is 15.8. The van der Waals surface area contributed by atoms with Crippen molar-refractivity contribution in [2.24, 2.45) is 10.8 Å². The molecule has 25 heavy (non-hydrogen) atoms. The van der Waals surface area contributed by atoms with E-state index in [-0.39, 0.29) is 22.3 Å². The molecule has 0 radical (unpaired) electrons. The third kappa shape index (κ3) is 3.40. The minimum Gasteiger partial charge on any atom is -0.207 e. The zero-order valence-electron chi connectivity index (χ0n) is 16.8. The highest BCUT2D eigenvalue weighted by Crippen LogP contribution is 2.53. The van der Waals surface area contributed by atoms with Crippen LogP contribution in [-0.4, -0.2) is 25.3 Å². The van der Waals surface area contributed by atoms with E-state index >= 15 is 0 Å². The van der Waals surface area contributed by atoms with E-state index in [1.165, 1.54) is 0 Å². The normalized spacial score (nSPS) is 29.8. The van der Waals surface area contributed by atoms with Gasteiger partial charge in [0.15, 0.2) is 0 Å². The highest BCUT2D eigenvalue weighted by molar-refractivity contribution is 7.89. The van der Waals surface area contributed by atoms with E-state index in [2.05, 4.69) is 47.6 Å². The maximum atomic E-state index is 13.6. The van der Waals surface area contributed by atoms with Crippen LogP contribution in [0.3, 0.4) is 0 Å². The number of hydrogen-bond acceptors (Lipinski definition) is 2. The zero-order valence-corrected chi connectivity index (χ0v) is 17.6. The van der Waals surface area contributed by atoms with Gasteiger partial charge in [-0.3, -0.25) is 0 Å². The molecule has 2 atom stereocenters. The van der Waals surface area contributed by atoms with Gasteiger partial charge < -0.3 is 0 Å². The summed E-state index contributed by atoms with van der Waals surface area (Å²) in [5.74, 6) is 0. The Morgan fingerprint density at radius 3 is 2.36 bits per heavy atom. The van der Waals surface area contributed by atoms with E-state index in [4.69, 9.17) is 0 Å². The summed E-state index contributed by atoms with van der Waals surface area (Å²) in [6, 6.07) is 6.06. The SMILES string of the molecule is Cc1ccc(C(C)(C)C)cc1S(=O)(=O)N1C[C@]2(C)C[C@H]1CC(C)(C)C2. The molecule has 0 amide bonds. The number of nitrogens with zero attached hydrogens (tertiary/aromatic N) is 1. The van der Waals surface area contributed by atoms with Crippen LogP contribution >= 0.6 is 0 Å². The van der Waals surface area contributed by atoms with Crippen LogP contribution in [0.4, 0.5) is 0 Å². The molecule has 1 aliphatic carbocycles. The molecule has 1 aromatic carbocycles. The van der Waals surface area contributed by atoms with Crippen LogP contribution in [0.25, 0.3) is 0 Å². The lowest BCUT2D eigenvalue weighted by Gasteiger charge is -2.39. The molecule has 1 saturated heterocycles. The Morgan fingerprint density at radius 1 is 1.12 bits per heavy atom. The fourth-order valence-electron chi connectivity index (χ4n) is 5.16. The summed E-state index contributed by atoms with van der Waals surface area (Å²) in [5, 5.41) is 0. The smallest absolute Gasteiger partial charge is 0.207 e. The molecule has 140 valence electrons. The molecular formula is C21H33NO2S. The van der Waals surface area contributed by atoms with Gasteiger partial charge in [0.05, 0.1) is 4.90 Å². The summed E-state index contributed by atoms with van der Waals surface area (Å²) < 4.78 is 28.9. The van der Waals surface area contributed by atoms with E-state index in [0.717, 1.165) is 30.4 Å². The predicted molar refractivity (Wildman–Crippen MR) is 103 cm³/mol. The van der Waals surface area contributed by atoms with Crippen molar-refractivity contribution in [3.8, 4) is 0 Å². The van der Waals surface area contributed by atoms with Gasteiger partial charge in [0, 0.05) is 12.6 Å². The topological polar surface area (TPSA) is 37.4 Å². The first kappa shape index (κ1) is 18.9. The number of aryl methyl sites for hydroxylation is 1. The molecule has 1 aliphatic heterocycles. The second-order valence-electron chi connectivity index (χ2n) is 10.5. The van der Waals surface area contributed by atoms with Crippen LogP contribution in [-0.2, 0) is 15.4 Å². The van der Waals surface area contributed by atoms with Gasteiger partial charge in [-0.05, 0) is 59.6 Å². The predicted octanol–water partition coefficient (Wildman–Crippen LogP) is 4.88. The fraction of sp³-hybridized carbons (Fsp3) is 0.714. The number of sulfonamides is 1. The van der Waals surface area contributed by atoms with Crippen molar-refractivity contribution in [2.75, 3.05) is 6.54 Å². The van der Waals surface area contributed by atoms with E-state index in [0.29, 0.717) is 11.4 Å². The minimum absolute atomic E-state index is 0.0627. The fourth-order valence-corrected chi connectivity index (χ4v) is 7.19. The molecule has 0 unspecified atom stereocenters. The average molecular weight is 364 g/mol. The lowest BCUT2D eigenvalue weighted by molar-refractivity contribution is 0.133. The van der Waals surface area contributed by atoms with Crippen molar-refractivity contribution in [1.82, 2.24) is 4.31 Å². The summed E-state index contributed by atoms with van der Waals surface area (Å²) in [5.41, 5.74) is 2.18. The monoisotopic (exact) mass is 363 g/mol. The van der Waals surface area contributed by atoms with Crippen LogP contribution in [0.15, 0.2) is 23.1 Å². The van der Waals surface area contributed by atoms with Gasteiger partial charge in [0.2, 0.25) is 10.0 Å². The van der Waals surface area contributed by atoms with Crippen molar-refractivity contribution in [2.45, 2.75) is 84.1 Å². The molecule has 3 rings (SSSR count). The Bertz CT molecular complexity index is 789. The molecule has 2 aliphatic rings. The van der Waals surface area contributed by atoms with E-state index in [9.17, 15) is 8.42 Å². The summed E-state index contributed by atoms with van der Waals surface area (Å²) in [7, 11) is -3.46. The largest absolute Gasteiger partial charge is 0.243 e. The van der Waals surface area contributed by atoms with Crippen LogP contribution in [0, 0.1) is 17.8 Å². The molecule has 4 heteroatoms. The molecule has 3 nitrogen and oxygen atoms in total. The van der Waals surface area contributed by atoms with E-state index in [1.807, 2.05) is 23.4 Å². The van der Waals surface area contributed by atoms with Crippen LogP contribution in [0.5, 0.6) is 0 Å². The number of benzene rings is 1. The second-order valence-corrected chi connectivity index (χ2v) is 12.4. The number of fused-ring (bicyclic) bond motifs is 2. The molecule has 0 spiro atoms. The molecule has 2 fully saturated rings. The average Bonchev–Trinajstić information content (AvgIpc) is 2.67. The van der Waals surface area contributed by atoms with Gasteiger partial charge in [-0.2, -0.15) is 4.31 Å². The lowest BCUT2D eigenvalue weighted by Crippen LogP contribution is -2.38. The zero-order chi connectivity index (χ0) is 18.8. The van der Waals surface area contributed by atoms with Crippen molar-refractivity contribution >= 4 is 10.0 Å².